The number of hydrogen-bond donors (Lipinski definition) is 1. The quantitative estimate of drug-likeness (QED) is 0.845. The van der Waals surface area contributed by atoms with E-state index in [1.165, 1.54) is 13.2 Å². The van der Waals surface area contributed by atoms with Crippen LogP contribution in [0, 0.1) is 5.82 Å². The highest BCUT2D eigenvalue weighted by Gasteiger charge is 2.17. The first kappa shape index (κ1) is 11.3. The zero-order valence-corrected chi connectivity index (χ0v) is 8.94. The highest BCUT2D eigenvalue weighted by atomic mass is 35.5. The predicted molar refractivity (Wildman–Crippen MR) is 55.4 cm³/mol. The molecule has 0 fully saturated rings. The second-order valence-electron chi connectivity index (χ2n) is 3.11. The molecular weight excluding hydrogens is 205 g/mol. The second kappa shape index (κ2) is 4.62. The van der Waals surface area contributed by atoms with Gasteiger partial charge in [-0.05, 0) is 24.6 Å². The van der Waals surface area contributed by atoms with Crippen LogP contribution in [0.25, 0.3) is 0 Å². The van der Waals surface area contributed by atoms with E-state index in [1.54, 1.807) is 6.07 Å². The zero-order chi connectivity index (χ0) is 10.7. The molecule has 1 atom stereocenters. The van der Waals surface area contributed by atoms with Gasteiger partial charge in [-0.2, -0.15) is 0 Å². The lowest BCUT2D eigenvalue weighted by atomic mass is 9.99. The van der Waals surface area contributed by atoms with Crippen molar-refractivity contribution >= 4 is 11.6 Å². The van der Waals surface area contributed by atoms with Gasteiger partial charge >= 0.3 is 0 Å². The molecule has 2 nitrogen and oxygen atoms in total. The van der Waals surface area contributed by atoms with Gasteiger partial charge in [-0.3, -0.25) is 0 Å². The fraction of sp³-hybridized carbons (Fsp3) is 0.400. The van der Waals surface area contributed by atoms with Crippen molar-refractivity contribution in [1.29, 1.82) is 0 Å². The molecule has 1 aromatic rings. The molecule has 4 heteroatoms. The molecule has 0 radical (unpaired) electrons. The van der Waals surface area contributed by atoms with Crippen LogP contribution in [-0.2, 0) is 0 Å². The van der Waals surface area contributed by atoms with Gasteiger partial charge in [0.25, 0.3) is 0 Å². The van der Waals surface area contributed by atoms with E-state index in [1.807, 2.05) is 6.92 Å². The third-order valence-corrected chi connectivity index (χ3v) is 2.45. The maximum Gasteiger partial charge on any atom is 0.148 e. The molecule has 0 bridgehead atoms. The summed E-state index contributed by atoms with van der Waals surface area (Å²) in [7, 11) is 1.50. The molecule has 0 heterocycles. The molecule has 0 aliphatic carbocycles. The smallest absolute Gasteiger partial charge is 0.148 e. The molecule has 1 rings (SSSR count). The summed E-state index contributed by atoms with van der Waals surface area (Å²) in [6.45, 7) is 2.19. The van der Waals surface area contributed by atoms with E-state index in [4.69, 9.17) is 22.1 Å². The first-order valence-corrected chi connectivity index (χ1v) is 4.71. The third-order valence-electron chi connectivity index (χ3n) is 2.16. The number of halogens is 2. The van der Waals surface area contributed by atoms with Crippen LogP contribution in [0.1, 0.15) is 18.4 Å². The normalized spacial score (nSPS) is 12.6. The largest absolute Gasteiger partial charge is 0.496 e. The third kappa shape index (κ3) is 1.99. The Morgan fingerprint density at radius 2 is 2.21 bits per heavy atom. The monoisotopic (exact) mass is 217 g/mol. The van der Waals surface area contributed by atoms with Crippen LogP contribution < -0.4 is 10.5 Å². The average molecular weight is 218 g/mol. The molecule has 1 aromatic carbocycles. The Morgan fingerprint density at radius 3 is 2.71 bits per heavy atom. The average Bonchev–Trinajstić information content (AvgIpc) is 2.20. The molecule has 0 aliphatic heterocycles. The van der Waals surface area contributed by atoms with Crippen LogP contribution in [0.2, 0.25) is 5.02 Å². The topological polar surface area (TPSA) is 35.2 Å². The number of benzene rings is 1. The van der Waals surface area contributed by atoms with Gasteiger partial charge in [0.05, 0.1) is 12.1 Å². The molecule has 0 amide bonds. The maximum absolute atomic E-state index is 13.6. The van der Waals surface area contributed by atoms with Crippen LogP contribution in [0.3, 0.4) is 0 Å². The molecule has 78 valence electrons. The van der Waals surface area contributed by atoms with E-state index in [2.05, 4.69) is 0 Å². The van der Waals surface area contributed by atoms with Gasteiger partial charge in [0, 0.05) is 5.56 Å². The van der Waals surface area contributed by atoms with Gasteiger partial charge in [-0.15, -0.1) is 0 Å². The van der Waals surface area contributed by atoms with E-state index in [0.717, 1.165) is 0 Å². The van der Waals surface area contributed by atoms with Gasteiger partial charge in [-0.1, -0.05) is 18.5 Å². The van der Waals surface area contributed by atoms with E-state index in [0.29, 0.717) is 17.9 Å². The van der Waals surface area contributed by atoms with Crippen LogP contribution >= 0.6 is 11.6 Å². The maximum atomic E-state index is 13.6. The van der Waals surface area contributed by atoms with E-state index >= 15 is 0 Å². The van der Waals surface area contributed by atoms with Gasteiger partial charge < -0.3 is 10.5 Å². The summed E-state index contributed by atoms with van der Waals surface area (Å²) < 4.78 is 18.7. The summed E-state index contributed by atoms with van der Waals surface area (Å²) in [4.78, 5) is 0. The minimum atomic E-state index is -0.441. The van der Waals surface area contributed by atoms with Crippen molar-refractivity contribution in [3.8, 4) is 5.75 Å². The lowest BCUT2D eigenvalue weighted by Gasteiger charge is -2.15. The summed E-state index contributed by atoms with van der Waals surface area (Å²) in [6.07, 6.45) is 0. The molecule has 0 saturated carbocycles. The zero-order valence-electron chi connectivity index (χ0n) is 8.18. The Balaban J connectivity index is 3.27. The number of ether oxygens (including phenoxy) is 1. The Hall–Kier alpha value is -0.800. The standard InChI is InChI=1S/C10H13ClFNO/c1-6(5-13)9-8(14-2)4-3-7(11)10(9)12/h3-4,6H,5,13H2,1-2H3. The first-order chi connectivity index (χ1) is 6.61. The molecule has 1 unspecified atom stereocenters. The van der Waals surface area contributed by atoms with Crippen molar-refractivity contribution in [2.45, 2.75) is 12.8 Å². The summed E-state index contributed by atoms with van der Waals surface area (Å²) in [6, 6.07) is 3.12. The predicted octanol–water partition coefficient (Wildman–Crippen LogP) is 2.55. The Labute approximate surface area is 87.8 Å². The van der Waals surface area contributed by atoms with E-state index in [9.17, 15) is 4.39 Å². The van der Waals surface area contributed by atoms with Crippen LogP contribution in [0.15, 0.2) is 12.1 Å². The molecule has 0 saturated heterocycles. The Bertz CT molecular complexity index is 330. The fourth-order valence-corrected chi connectivity index (χ4v) is 1.47. The van der Waals surface area contributed by atoms with Crippen LogP contribution in [-0.4, -0.2) is 13.7 Å². The van der Waals surface area contributed by atoms with Gasteiger partial charge in [0.1, 0.15) is 11.6 Å². The Kier molecular flexibility index (Phi) is 3.72. The molecule has 0 spiro atoms. The Morgan fingerprint density at radius 1 is 1.57 bits per heavy atom. The van der Waals surface area contributed by atoms with Gasteiger partial charge in [0.15, 0.2) is 0 Å². The molecule has 14 heavy (non-hydrogen) atoms. The lowest BCUT2D eigenvalue weighted by Crippen LogP contribution is -2.12. The van der Waals surface area contributed by atoms with Gasteiger partial charge in [0.2, 0.25) is 0 Å². The van der Waals surface area contributed by atoms with Crippen molar-refractivity contribution in [2.75, 3.05) is 13.7 Å². The molecular formula is C10H13ClFNO. The summed E-state index contributed by atoms with van der Waals surface area (Å²) in [5.74, 6) is -0.0579. The number of nitrogens with two attached hydrogens (primary N) is 1. The van der Waals surface area contributed by atoms with E-state index in [-0.39, 0.29) is 10.9 Å². The number of rotatable bonds is 3. The SMILES string of the molecule is COc1ccc(Cl)c(F)c1C(C)CN. The second-order valence-corrected chi connectivity index (χ2v) is 3.52. The summed E-state index contributed by atoms with van der Waals surface area (Å²) in [5.41, 5.74) is 5.93. The van der Waals surface area contributed by atoms with Crippen molar-refractivity contribution in [3.05, 3.63) is 28.5 Å². The number of hydrogen-bond acceptors (Lipinski definition) is 2. The van der Waals surface area contributed by atoms with Gasteiger partial charge in [-0.25, -0.2) is 4.39 Å². The molecule has 0 aromatic heterocycles. The van der Waals surface area contributed by atoms with Crippen molar-refractivity contribution in [1.82, 2.24) is 0 Å². The first-order valence-electron chi connectivity index (χ1n) is 4.33. The van der Waals surface area contributed by atoms with Crippen molar-refractivity contribution in [3.63, 3.8) is 0 Å². The minimum absolute atomic E-state index is 0.0982. The minimum Gasteiger partial charge on any atom is -0.496 e. The molecule has 0 aliphatic rings. The van der Waals surface area contributed by atoms with Crippen LogP contribution in [0.5, 0.6) is 5.75 Å². The van der Waals surface area contributed by atoms with Crippen molar-refractivity contribution in [2.24, 2.45) is 5.73 Å². The molecule has 2 N–H and O–H groups in total. The highest BCUT2D eigenvalue weighted by Crippen LogP contribution is 2.32. The summed E-state index contributed by atoms with van der Waals surface area (Å²) in [5, 5.41) is 0.0982. The summed E-state index contributed by atoms with van der Waals surface area (Å²) >= 11 is 5.67. The van der Waals surface area contributed by atoms with E-state index < -0.39 is 5.82 Å². The highest BCUT2D eigenvalue weighted by molar-refractivity contribution is 6.30. The van der Waals surface area contributed by atoms with Crippen LogP contribution in [0.4, 0.5) is 4.39 Å². The number of methoxy groups -OCH3 is 1. The fourth-order valence-electron chi connectivity index (χ4n) is 1.30. The van der Waals surface area contributed by atoms with Crippen molar-refractivity contribution < 1.29 is 9.13 Å². The lowest BCUT2D eigenvalue weighted by molar-refractivity contribution is 0.400.